The molecule has 152 valence electrons. The van der Waals surface area contributed by atoms with Gasteiger partial charge >= 0.3 is 0 Å². The van der Waals surface area contributed by atoms with Gasteiger partial charge in [-0.25, -0.2) is 4.68 Å². The quantitative estimate of drug-likeness (QED) is 0.589. The summed E-state index contributed by atoms with van der Waals surface area (Å²) in [6.07, 6.45) is 2.13. The van der Waals surface area contributed by atoms with E-state index in [0.29, 0.717) is 16.9 Å². The van der Waals surface area contributed by atoms with Gasteiger partial charge in [-0.05, 0) is 51.2 Å². The molecular formula is C20H29N5O2S. The van der Waals surface area contributed by atoms with Gasteiger partial charge in [-0.3, -0.25) is 4.79 Å². The molecule has 8 heteroatoms. The number of carbonyl (C=O) groups excluding carboxylic acids is 1. The Bertz CT molecular complexity index is 830. The Morgan fingerprint density at radius 2 is 2.04 bits per heavy atom. The number of likely N-dealkylation sites (tertiary alicyclic amines) is 1. The molecule has 1 aliphatic heterocycles. The fourth-order valence-electron chi connectivity index (χ4n) is 3.28. The van der Waals surface area contributed by atoms with Crippen molar-refractivity contribution in [2.45, 2.75) is 57.5 Å². The molecule has 0 radical (unpaired) electrons. The van der Waals surface area contributed by atoms with Gasteiger partial charge in [0.15, 0.2) is 5.82 Å². The minimum Gasteiger partial charge on any atom is -0.485 e. The standard InChI is InChI=1S/C20H29N5O2S/c1-13-7-9-24(10-8-13)19(26)16(4)28-20-23-22-18(25(20)21)12-27-17-6-5-14(2)11-15(17)3/h5-6,11,13,16H,7-10,12,21H2,1-4H3/t16-/m0/s1. The minimum atomic E-state index is -0.256. The molecule has 1 saturated heterocycles. The number of piperidine rings is 1. The molecule has 2 N–H and O–H groups in total. The summed E-state index contributed by atoms with van der Waals surface area (Å²) in [6.45, 7) is 10.1. The zero-order valence-electron chi connectivity index (χ0n) is 17.0. The Hall–Kier alpha value is -2.22. The monoisotopic (exact) mass is 403 g/mol. The summed E-state index contributed by atoms with van der Waals surface area (Å²) in [6, 6.07) is 6.02. The topological polar surface area (TPSA) is 86.3 Å². The second-order valence-corrected chi connectivity index (χ2v) is 8.90. The van der Waals surface area contributed by atoms with Crippen LogP contribution in [-0.2, 0) is 11.4 Å². The third-order valence-corrected chi connectivity index (χ3v) is 6.19. The fourth-order valence-corrected chi connectivity index (χ4v) is 4.16. The Labute approximate surface area is 170 Å². The van der Waals surface area contributed by atoms with Crippen LogP contribution in [-0.4, -0.2) is 44.0 Å². The van der Waals surface area contributed by atoms with Gasteiger partial charge < -0.3 is 15.5 Å². The van der Waals surface area contributed by atoms with Crippen LogP contribution in [0.3, 0.4) is 0 Å². The predicted molar refractivity (Wildman–Crippen MR) is 111 cm³/mol. The molecule has 28 heavy (non-hydrogen) atoms. The minimum absolute atomic E-state index is 0.132. The fraction of sp³-hybridized carbons (Fsp3) is 0.550. The summed E-state index contributed by atoms with van der Waals surface area (Å²) >= 11 is 1.34. The van der Waals surface area contributed by atoms with Crippen molar-refractivity contribution >= 4 is 17.7 Å². The van der Waals surface area contributed by atoms with Crippen LogP contribution < -0.4 is 10.6 Å². The average molecular weight is 404 g/mol. The lowest BCUT2D eigenvalue weighted by Crippen LogP contribution is -2.41. The van der Waals surface area contributed by atoms with E-state index in [0.717, 1.165) is 37.2 Å². The molecule has 0 spiro atoms. The maximum absolute atomic E-state index is 12.7. The Balaban J connectivity index is 1.58. The number of nitrogens with two attached hydrogens (primary N) is 1. The molecular weight excluding hydrogens is 374 g/mol. The van der Waals surface area contributed by atoms with E-state index in [1.54, 1.807) is 0 Å². The number of nitrogen functional groups attached to an aromatic ring is 1. The maximum Gasteiger partial charge on any atom is 0.235 e. The van der Waals surface area contributed by atoms with Crippen molar-refractivity contribution in [2.75, 3.05) is 18.9 Å². The SMILES string of the molecule is Cc1ccc(OCc2nnc(S[C@@H](C)C(=O)N3CCC(C)CC3)n2N)c(C)c1. The number of ether oxygens (including phenoxy) is 1. The van der Waals surface area contributed by atoms with Crippen LogP contribution >= 0.6 is 11.8 Å². The second-order valence-electron chi connectivity index (χ2n) is 7.59. The molecule has 0 aliphatic carbocycles. The van der Waals surface area contributed by atoms with Crippen LogP contribution in [0.4, 0.5) is 0 Å². The molecule has 2 aromatic rings. The highest BCUT2D eigenvalue weighted by atomic mass is 32.2. The number of aryl methyl sites for hydroxylation is 2. The van der Waals surface area contributed by atoms with E-state index in [4.69, 9.17) is 10.6 Å². The highest BCUT2D eigenvalue weighted by Crippen LogP contribution is 2.25. The molecule has 1 amide bonds. The Morgan fingerprint density at radius 3 is 2.71 bits per heavy atom. The van der Waals surface area contributed by atoms with E-state index in [1.165, 1.54) is 22.0 Å². The zero-order chi connectivity index (χ0) is 20.3. The third kappa shape index (κ3) is 4.79. The molecule has 1 aromatic heterocycles. The molecule has 1 aromatic carbocycles. The second kappa shape index (κ2) is 8.86. The molecule has 1 aliphatic rings. The number of thioether (sulfide) groups is 1. The summed E-state index contributed by atoms with van der Waals surface area (Å²) < 4.78 is 7.25. The summed E-state index contributed by atoms with van der Waals surface area (Å²) in [4.78, 5) is 14.6. The van der Waals surface area contributed by atoms with Crippen molar-refractivity contribution in [3.05, 3.63) is 35.2 Å². The zero-order valence-corrected chi connectivity index (χ0v) is 17.8. The molecule has 0 unspecified atom stereocenters. The number of benzene rings is 1. The van der Waals surface area contributed by atoms with Gasteiger partial charge in [0.2, 0.25) is 11.1 Å². The lowest BCUT2D eigenvalue weighted by molar-refractivity contribution is -0.131. The lowest BCUT2D eigenvalue weighted by atomic mass is 9.99. The molecule has 0 saturated carbocycles. The largest absolute Gasteiger partial charge is 0.485 e. The number of hydrogen-bond acceptors (Lipinski definition) is 6. The van der Waals surface area contributed by atoms with Crippen molar-refractivity contribution in [3.8, 4) is 5.75 Å². The molecule has 2 heterocycles. The van der Waals surface area contributed by atoms with Crippen LogP contribution in [0.15, 0.2) is 23.4 Å². The van der Waals surface area contributed by atoms with E-state index < -0.39 is 0 Å². The first kappa shape index (κ1) is 20.5. The van der Waals surface area contributed by atoms with Crippen molar-refractivity contribution in [1.29, 1.82) is 0 Å². The van der Waals surface area contributed by atoms with Crippen LogP contribution in [0.1, 0.15) is 43.6 Å². The number of carbonyl (C=O) groups is 1. The molecule has 1 atom stereocenters. The van der Waals surface area contributed by atoms with E-state index in [1.807, 2.05) is 37.8 Å². The van der Waals surface area contributed by atoms with Crippen LogP contribution in [0.2, 0.25) is 0 Å². The average Bonchev–Trinajstić information content (AvgIpc) is 3.01. The van der Waals surface area contributed by atoms with Crippen molar-refractivity contribution in [1.82, 2.24) is 19.8 Å². The first-order valence-electron chi connectivity index (χ1n) is 9.70. The van der Waals surface area contributed by atoms with Gasteiger partial charge in [0, 0.05) is 13.1 Å². The third-order valence-electron chi connectivity index (χ3n) is 5.15. The molecule has 7 nitrogen and oxygen atoms in total. The van der Waals surface area contributed by atoms with Gasteiger partial charge in [-0.15, -0.1) is 10.2 Å². The van der Waals surface area contributed by atoms with E-state index in [2.05, 4.69) is 23.2 Å². The number of amides is 1. The highest BCUT2D eigenvalue weighted by molar-refractivity contribution is 8.00. The molecule has 1 fully saturated rings. The summed E-state index contributed by atoms with van der Waals surface area (Å²) in [5.41, 5.74) is 2.25. The number of hydrogen-bond donors (Lipinski definition) is 1. The van der Waals surface area contributed by atoms with Gasteiger partial charge in [0.1, 0.15) is 12.4 Å². The van der Waals surface area contributed by atoms with Crippen LogP contribution in [0.5, 0.6) is 5.75 Å². The first-order chi connectivity index (χ1) is 13.3. The van der Waals surface area contributed by atoms with Crippen molar-refractivity contribution in [2.24, 2.45) is 5.92 Å². The van der Waals surface area contributed by atoms with Crippen molar-refractivity contribution in [3.63, 3.8) is 0 Å². The number of nitrogens with zero attached hydrogens (tertiary/aromatic N) is 4. The number of rotatable bonds is 6. The smallest absolute Gasteiger partial charge is 0.235 e. The van der Waals surface area contributed by atoms with Crippen LogP contribution in [0.25, 0.3) is 0 Å². The summed E-state index contributed by atoms with van der Waals surface area (Å²) in [5.74, 6) is 8.29. The van der Waals surface area contributed by atoms with Crippen molar-refractivity contribution < 1.29 is 9.53 Å². The summed E-state index contributed by atoms with van der Waals surface area (Å²) in [7, 11) is 0. The normalized spacial score (nSPS) is 16.2. The lowest BCUT2D eigenvalue weighted by Gasteiger charge is -2.31. The van der Waals surface area contributed by atoms with E-state index in [9.17, 15) is 4.79 Å². The van der Waals surface area contributed by atoms with Gasteiger partial charge in [0.05, 0.1) is 5.25 Å². The Morgan fingerprint density at radius 1 is 1.32 bits per heavy atom. The summed E-state index contributed by atoms with van der Waals surface area (Å²) in [5, 5.41) is 8.54. The van der Waals surface area contributed by atoms with Gasteiger partial charge in [-0.1, -0.05) is 36.4 Å². The van der Waals surface area contributed by atoms with E-state index in [-0.39, 0.29) is 17.8 Å². The highest BCUT2D eigenvalue weighted by Gasteiger charge is 2.26. The Kier molecular flexibility index (Phi) is 6.49. The van der Waals surface area contributed by atoms with E-state index >= 15 is 0 Å². The number of aromatic nitrogens is 3. The van der Waals surface area contributed by atoms with Gasteiger partial charge in [0.25, 0.3) is 0 Å². The maximum atomic E-state index is 12.7. The molecule has 0 bridgehead atoms. The first-order valence-corrected chi connectivity index (χ1v) is 10.6. The van der Waals surface area contributed by atoms with Gasteiger partial charge in [-0.2, -0.15) is 0 Å². The molecule has 3 rings (SSSR count). The predicted octanol–water partition coefficient (Wildman–Crippen LogP) is 2.93. The van der Waals surface area contributed by atoms with Crippen LogP contribution in [0, 0.1) is 19.8 Å².